The third kappa shape index (κ3) is 3.72. The minimum absolute atomic E-state index is 0.0610. The lowest BCUT2D eigenvalue weighted by Gasteiger charge is -2.42. The first kappa shape index (κ1) is 18.7. The van der Waals surface area contributed by atoms with Gasteiger partial charge in [0.05, 0.1) is 11.6 Å². The molecule has 3 heterocycles. The molecule has 0 radical (unpaired) electrons. The summed E-state index contributed by atoms with van der Waals surface area (Å²) in [6.07, 6.45) is 0.964. The summed E-state index contributed by atoms with van der Waals surface area (Å²) in [7, 11) is 0. The smallest absolute Gasteiger partial charge is 0.323 e. The Bertz CT molecular complexity index is 1080. The summed E-state index contributed by atoms with van der Waals surface area (Å²) in [5.41, 5.74) is 1.77. The molecular formula is C21H21N5O3. The molecular weight excluding hydrogens is 370 g/mol. The number of fused-ring (bicyclic) bond motifs is 4. The number of rotatable bonds is 2. The van der Waals surface area contributed by atoms with E-state index in [-0.39, 0.29) is 29.0 Å². The number of hydrogen-bond donors (Lipinski definition) is 2. The molecule has 0 spiro atoms. The molecule has 2 aliphatic rings. The zero-order valence-electron chi connectivity index (χ0n) is 16.0. The van der Waals surface area contributed by atoms with Crippen molar-refractivity contribution in [2.24, 2.45) is 5.92 Å². The fourth-order valence-corrected chi connectivity index (χ4v) is 4.25. The number of carbonyl (C=O) groups is 2. The van der Waals surface area contributed by atoms with Gasteiger partial charge in [-0.05, 0) is 42.7 Å². The topological polar surface area (TPSA) is 107 Å². The highest BCUT2D eigenvalue weighted by molar-refractivity contribution is 5.99. The quantitative estimate of drug-likeness (QED) is 0.819. The highest BCUT2D eigenvalue weighted by Crippen LogP contribution is 2.35. The summed E-state index contributed by atoms with van der Waals surface area (Å²) >= 11 is 0. The Morgan fingerprint density at radius 3 is 2.72 bits per heavy atom. The minimum atomic E-state index is -0.545. The van der Waals surface area contributed by atoms with Crippen molar-refractivity contribution in [1.82, 2.24) is 9.47 Å². The van der Waals surface area contributed by atoms with Gasteiger partial charge in [0.1, 0.15) is 5.69 Å². The first-order valence-corrected chi connectivity index (χ1v) is 9.52. The third-order valence-electron chi connectivity index (χ3n) is 5.55. The molecule has 8 heteroatoms. The van der Waals surface area contributed by atoms with Gasteiger partial charge in [0.2, 0.25) is 5.91 Å². The van der Waals surface area contributed by atoms with Gasteiger partial charge >= 0.3 is 6.03 Å². The second kappa shape index (κ2) is 7.43. The number of benzene rings is 1. The van der Waals surface area contributed by atoms with Gasteiger partial charge < -0.3 is 20.1 Å². The summed E-state index contributed by atoms with van der Waals surface area (Å²) in [6, 6.07) is 11.5. The summed E-state index contributed by atoms with van der Waals surface area (Å²) in [5, 5.41) is 14.2. The number of aromatic nitrogens is 1. The predicted octanol–water partition coefficient (Wildman–Crippen LogP) is 2.33. The van der Waals surface area contributed by atoms with Gasteiger partial charge in [0.15, 0.2) is 0 Å². The van der Waals surface area contributed by atoms with Gasteiger partial charge in [-0.3, -0.25) is 9.59 Å². The van der Waals surface area contributed by atoms with Crippen LogP contribution in [0.4, 0.5) is 16.2 Å². The first-order chi connectivity index (χ1) is 13.9. The van der Waals surface area contributed by atoms with Crippen LogP contribution in [-0.4, -0.2) is 34.5 Å². The van der Waals surface area contributed by atoms with Crippen LogP contribution in [0.1, 0.15) is 30.5 Å². The largest absolute Gasteiger partial charge is 0.342 e. The van der Waals surface area contributed by atoms with E-state index in [1.54, 1.807) is 41.8 Å². The summed E-state index contributed by atoms with van der Waals surface area (Å²) < 4.78 is 1.72. The number of amides is 3. The Hall–Kier alpha value is -3.60. The van der Waals surface area contributed by atoms with Crippen molar-refractivity contribution in [3.63, 3.8) is 0 Å². The lowest BCUT2D eigenvalue weighted by Crippen LogP contribution is -2.48. The monoisotopic (exact) mass is 391 g/mol. The van der Waals surface area contributed by atoms with Gasteiger partial charge in [-0.15, -0.1) is 0 Å². The van der Waals surface area contributed by atoms with E-state index >= 15 is 0 Å². The van der Waals surface area contributed by atoms with Crippen LogP contribution in [0.2, 0.25) is 0 Å². The molecule has 4 rings (SSSR count). The number of hydrogen-bond acceptors (Lipinski definition) is 4. The lowest BCUT2D eigenvalue weighted by atomic mass is 9.83. The van der Waals surface area contributed by atoms with Crippen LogP contribution < -0.4 is 16.2 Å². The average Bonchev–Trinajstić information content (AvgIpc) is 2.70. The van der Waals surface area contributed by atoms with Crippen LogP contribution in [-0.2, 0) is 11.3 Å². The van der Waals surface area contributed by atoms with Crippen molar-refractivity contribution < 1.29 is 9.59 Å². The molecule has 2 bridgehead atoms. The number of anilines is 2. The second-order valence-corrected chi connectivity index (χ2v) is 7.58. The highest BCUT2D eigenvalue weighted by Gasteiger charge is 2.35. The third-order valence-corrected chi connectivity index (χ3v) is 5.55. The van der Waals surface area contributed by atoms with Gasteiger partial charge in [-0.25, -0.2) is 4.79 Å². The zero-order valence-corrected chi connectivity index (χ0v) is 16.0. The Balaban J connectivity index is 1.53. The fourth-order valence-electron chi connectivity index (χ4n) is 4.25. The van der Waals surface area contributed by atoms with Crippen molar-refractivity contribution in [2.45, 2.75) is 25.8 Å². The van der Waals surface area contributed by atoms with Crippen molar-refractivity contribution in [2.75, 3.05) is 23.7 Å². The van der Waals surface area contributed by atoms with E-state index in [1.807, 2.05) is 17.0 Å². The molecule has 0 unspecified atom stereocenters. The molecule has 2 N–H and O–H groups in total. The van der Waals surface area contributed by atoms with Crippen LogP contribution >= 0.6 is 0 Å². The molecule has 1 saturated heterocycles. The Labute approximate surface area is 167 Å². The maximum Gasteiger partial charge on any atom is 0.323 e. The summed E-state index contributed by atoms with van der Waals surface area (Å²) in [6.45, 7) is 3.39. The molecule has 148 valence electrons. The molecule has 0 saturated carbocycles. The number of pyridine rings is 1. The van der Waals surface area contributed by atoms with E-state index in [0.717, 1.165) is 12.1 Å². The molecule has 2 aromatic rings. The number of nitrogens with zero attached hydrogens (tertiary/aromatic N) is 3. The minimum Gasteiger partial charge on any atom is -0.342 e. The Kier molecular flexibility index (Phi) is 4.80. The summed E-state index contributed by atoms with van der Waals surface area (Å²) in [5.74, 6) is 0.433. The molecule has 2 aliphatic heterocycles. The van der Waals surface area contributed by atoms with E-state index in [4.69, 9.17) is 5.26 Å². The van der Waals surface area contributed by atoms with Crippen LogP contribution in [0.3, 0.4) is 0 Å². The van der Waals surface area contributed by atoms with Gasteiger partial charge in [-0.2, -0.15) is 5.26 Å². The second-order valence-electron chi connectivity index (χ2n) is 7.58. The zero-order chi connectivity index (χ0) is 20.5. The van der Waals surface area contributed by atoms with Gasteiger partial charge in [-0.1, -0.05) is 6.07 Å². The standard InChI is InChI=1S/C21H21N5O3/c1-13(27)25-10-15-7-16(12-25)19-6-5-18(20(28)26(19)11-15)24-21(29)23-17-4-2-3-14(8-17)9-22/h2-6,8,15-16H,7,10-12H2,1H3,(H2,23,24,29)/t15-,16-/m1/s1. The number of nitrogens with one attached hydrogen (secondary N) is 2. The first-order valence-electron chi connectivity index (χ1n) is 9.52. The van der Waals surface area contributed by atoms with Crippen molar-refractivity contribution in [3.8, 4) is 6.07 Å². The number of urea groups is 1. The van der Waals surface area contributed by atoms with E-state index < -0.39 is 6.03 Å². The Morgan fingerprint density at radius 1 is 1.14 bits per heavy atom. The maximum atomic E-state index is 12.9. The number of piperidine rings is 1. The normalized spacial score (nSPS) is 19.7. The van der Waals surface area contributed by atoms with Crippen LogP contribution in [0.15, 0.2) is 41.2 Å². The van der Waals surface area contributed by atoms with Crippen LogP contribution in [0.5, 0.6) is 0 Å². The van der Waals surface area contributed by atoms with E-state index in [1.165, 1.54) is 0 Å². The summed E-state index contributed by atoms with van der Waals surface area (Å²) in [4.78, 5) is 38.9. The molecule has 1 aromatic heterocycles. The van der Waals surface area contributed by atoms with E-state index in [0.29, 0.717) is 30.9 Å². The molecule has 1 aromatic carbocycles. The number of carbonyl (C=O) groups excluding carboxylic acids is 2. The van der Waals surface area contributed by atoms with Crippen molar-refractivity contribution >= 4 is 23.3 Å². The predicted molar refractivity (Wildman–Crippen MR) is 108 cm³/mol. The molecule has 8 nitrogen and oxygen atoms in total. The van der Waals surface area contributed by atoms with Gasteiger partial charge in [0, 0.05) is 43.9 Å². The average molecular weight is 391 g/mol. The van der Waals surface area contributed by atoms with Crippen molar-refractivity contribution in [1.29, 1.82) is 5.26 Å². The van der Waals surface area contributed by atoms with Crippen LogP contribution in [0, 0.1) is 17.2 Å². The molecule has 29 heavy (non-hydrogen) atoms. The fraction of sp³-hybridized carbons (Fsp3) is 0.333. The molecule has 0 aliphatic carbocycles. The maximum absolute atomic E-state index is 12.9. The van der Waals surface area contributed by atoms with E-state index in [9.17, 15) is 14.4 Å². The Morgan fingerprint density at radius 2 is 1.97 bits per heavy atom. The van der Waals surface area contributed by atoms with E-state index in [2.05, 4.69) is 10.6 Å². The molecule has 3 amide bonds. The highest BCUT2D eigenvalue weighted by atomic mass is 16.2. The lowest BCUT2D eigenvalue weighted by molar-refractivity contribution is -0.131. The van der Waals surface area contributed by atoms with Crippen molar-refractivity contribution in [3.05, 3.63) is 58.0 Å². The molecule has 1 fully saturated rings. The number of nitriles is 1. The van der Waals surface area contributed by atoms with Crippen LogP contribution in [0.25, 0.3) is 0 Å². The SMILES string of the molecule is CC(=O)N1C[C@H]2C[C@H](C1)c1ccc(NC(=O)Nc3cccc(C#N)c3)c(=O)n1C2. The van der Waals surface area contributed by atoms with Gasteiger partial charge in [0.25, 0.3) is 5.56 Å². The number of likely N-dealkylation sites (tertiary alicyclic amines) is 1. The molecule has 2 atom stereocenters.